The van der Waals surface area contributed by atoms with Gasteiger partial charge in [0.2, 0.25) is 0 Å². The second-order valence-corrected chi connectivity index (χ2v) is 11.4. The summed E-state index contributed by atoms with van der Waals surface area (Å²) in [5, 5.41) is 0. The Hall–Kier alpha value is 1.52. The van der Waals surface area contributed by atoms with Gasteiger partial charge in [0.05, 0.1) is 0 Å². The number of hydrogen-bond acceptors (Lipinski definition) is 1. The summed E-state index contributed by atoms with van der Waals surface area (Å²) in [6.45, 7) is 2.27. The third-order valence-corrected chi connectivity index (χ3v) is 7.84. The zero-order chi connectivity index (χ0) is 8.36. The van der Waals surface area contributed by atoms with E-state index in [0.717, 1.165) is 22.9 Å². The molecule has 0 aromatic rings. The SMILES string of the molecule is CCCCCCC[CH2][SnH][O][SnH].O. The molecule has 0 aromatic heterocycles. The van der Waals surface area contributed by atoms with Crippen LogP contribution < -0.4 is 0 Å². The van der Waals surface area contributed by atoms with Crippen LogP contribution in [0.1, 0.15) is 45.4 Å². The van der Waals surface area contributed by atoms with E-state index >= 15 is 0 Å². The van der Waals surface area contributed by atoms with Gasteiger partial charge in [0.25, 0.3) is 0 Å². The largest absolute Gasteiger partial charge is 0.412 e. The van der Waals surface area contributed by atoms with Crippen LogP contribution in [0.5, 0.6) is 0 Å². The van der Waals surface area contributed by atoms with E-state index in [9.17, 15) is 0 Å². The molecule has 3 radical (unpaired) electrons. The first-order valence-corrected chi connectivity index (χ1v) is 9.61. The molecule has 0 aromatic carbocycles. The molecule has 0 aliphatic heterocycles. The van der Waals surface area contributed by atoms with E-state index in [1.165, 1.54) is 43.0 Å². The van der Waals surface area contributed by atoms with E-state index in [0.29, 0.717) is 0 Å². The van der Waals surface area contributed by atoms with Gasteiger partial charge in [-0.3, -0.25) is 0 Å². The Balaban J connectivity index is 0. The summed E-state index contributed by atoms with van der Waals surface area (Å²) >= 11 is 0.601. The minimum atomic E-state index is -0.449. The van der Waals surface area contributed by atoms with Crippen molar-refractivity contribution >= 4 is 44.5 Å². The monoisotopic (exact) mass is 389 g/mol. The molecule has 0 amide bonds. The van der Waals surface area contributed by atoms with E-state index in [1.807, 2.05) is 0 Å². The van der Waals surface area contributed by atoms with Crippen molar-refractivity contribution in [3.05, 3.63) is 0 Å². The van der Waals surface area contributed by atoms with Crippen molar-refractivity contribution in [2.75, 3.05) is 0 Å². The molecule has 0 aliphatic rings. The van der Waals surface area contributed by atoms with Crippen molar-refractivity contribution in [2.45, 2.75) is 49.9 Å². The van der Waals surface area contributed by atoms with Gasteiger partial charge in [-0.2, -0.15) is 0 Å². The number of unbranched alkanes of at least 4 members (excludes halogenated alkanes) is 5. The van der Waals surface area contributed by atoms with Crippen LogP contribution in [0.4, 0.5) is 0 Å². The standard InChI is InChI=1S/C8H17.H2O.O.2Sn.2H/c1-3-5-7-8-6-4-2;;;;;;/h1,3-8H2,2H3;1H2;;;;;. The van der Waals surface area contributed by atoms with Crippen LogP contribution >= 0.6 is 0 Å². The maximum atomic E-state index is 5.29. The van der Waals surface area contributed by atoms with Crippen molar-refractivity contribution < 1.29 is 6.89 Å². The molecule has 2 N–H and O–H groups in total. The Labute approximate surface area is 101 Å². The first kappa shape index (κ1) is 16.0. The predicted molar refractivity (Wildman–Crippen MR) is 57.2 cm³/mol. The topological polar surface area (TPSA) is 40.7 Å². The summed E-state index contributed by atoms with van der Waals surface area (Å²) in [5.41, 5.74) is 0. The Bertz CT molecular complexity index is 64.1. The zero-order valence-corrected chi connectivity index (χ0v) is 14.6. The van der Waals surface area contributed by atoms with Gasteiger partial charge in [0.15, 0.2) is 0 Å². The van der Waals surface area contributed by atoms with E-state index in [-0.39, 0.29) is 5.48 Å². The van der Waals surface area contributed by atoms with Crippen LogP contribution in [0.15, 0.2) is 0 Å². The van der Waals surface area contributed by atoms with Crippen molar-refractivity contribution in [3.8, 4) is 0 Å². The molecular weight excluding hydrogens is 366 g/mol. The molecule has 0 saturated heterocycles. The summed E-state index contributed by atoms with van der Waals surface area (Å²) in [7, 11) is 0. The van der Waals surface area contributed by atoms with Gasteiger partial charge in [-0.15, -0.1) is 0 Å². The fourth-order valence-corrected chi connectivity index (χ4v) is 5.37. The summed E-state index contributed by atoms with van der Waals surface area (Å²) in [6, 6.07) is 0. The van der Waals surface area contributed by atoms with Crippen LogP contribution in [0, 0.1) is 0 Å². The average Bonchev–Trinajstić information content (AvgIpc) is 2.03. The first-order chi connectivity index (χ1) is 5.41. The summed E-state index contributed by atoms with van der Waals surface area (Å²) < 4.78 is 6.75. The second-order valence-electron chi connectivity index (χ2n) is 2.86. The maximum absolute atomic E-state index is 5.29. The molecule has 0 spiro atoms. The van der Waals surface area contributed by atoms with Gasteiger partial charge in [-0.05, 0) is 0 Å². The molecular formula is C8H21O2Sn2. The van der Waals surface area contributed by atoms with Gasteiger partial charge in [-0.1, -0.05) is 0 Å². The van der Waals surface area contributed by atoms with Crippen LogP contribution in [0.25, 0.3) is 0 Å². The first-order valence-electron chi connectivity index (χ1n) is 4.59. The molecule has 0 rings (SSSR count). The Morgan fingerprint density at radius 1 is 1.08 bits per heavy atom. The molecule has 12 heavy (non-hydrogen) atoms. The average molecular weight is 387 g/mol. The zero-order valence-electron chi connectivity index (χ0n) is 8.01. The van der Waals surface area contributed by atoms with Gasteiger partial charge in [-0.25, -0.2) is 0 Å². The molecule has 4 heteroatoms. The van der Waals surface area contributed by atoms with E-state index in [2.05, 4.69) is 6.92 Å². The summed E-state index contributed by atoms with van der Waals surface area (Å²) in [6.07, 6.45) is 8.60. The van der Waals surface area contributed by atoms with Crippen molar-refractivity contribution in [1.82, 2.24) is 0 Å². The van der Waals surface area contributed by atoms with Gasteiger partial charge >= 0.3 is 95.8 Å². The fourth-order valence-electron chi connectivity index (χ4n) is 1.08. The molecule has 2 nitrogen and oxygen atoms in total. The van der Waals surface area contributed by atoms with Crippen molar-refractivity contribution in [1.29, 1.82) is 0 Å². The van der Waals surface area contributed by atoms with Crippen LogP contribution in [-0.2, 0) is 1.41 Å². The quantitative estimate of drug-likeness (QED) is 0.455. The molecule has 0 atom stereocenters. The predicted octanol–water partition coefficient (Wildman–Crippen LogP) is 1.12. The third-order valence-electron chi connectivity index (χ3n) is 1.77. The van der Waals surface area contributed by atoms with Crippen LogP contribution in [-0.4, -0.2) is 50.0 Å². The van der Waals surface area contributed by atoms with Crippen LogP contribution in [0.2, 0.25) is 4.44 Å². The third kappa shape index (κ3) is 14.1. The van der Waals surface area contributed by atoms with E-state index in [4.69, 9.17) is 1.41 Å². The van der Waals surface area contributed by atoms with E-state index < -0.39 is 21.6 Å². The second kappa shape index (κ2) is 15.0. The Morgan fingerprint density at radius 3 is 2.25 bits per heavy atom. The molecule has 0 aliphatic carbocycles. The van der Waals surface area contributed by atoms with Crippen LogP contribution in [0.3, 0.4) is 0 Å². The molecule has 0 bridgehead atoms. The van der Waals surface area contributed by atoms with Crippen molar-refractivity contribution in [3.63, 3.8) is 0 Å². The summed E-state index contributed by atoms with van der Waals surface area (Å²) in [4.78, 5) is 0. The van der Waals surface area contributed by atoms with Gasteiger partial charge < -0.3 is 5.48 Å². The Kier molecular flexibility index (Phi) is 20.0. The van der Waals surface area contributed by atoms with Gasteiger partial charge in [0, 0.05) is 0 Å². The molecule has 0 fully saturated rings. The molecule has 0 heterocycles. The maximum Gasteiger partial charge on any atom is -0.412 e. The van der Waals surface area contributed by atoms with E-state index in [1.54, 1.807) is 0 Å². The number of hydrogen-bond donors (Lipinski definition) is 0. The smallest absolute Gasteiger partial charge is 0.412 e. The molecule has 0 saturated carbocycles. The summed E-state index contributed by atoms with van der Waals surface area (Å²) in [5.74, 6) is 0. The normalized spacial score (nSPS) is 9.50. The minimum absolute atomic E-state index is 0. The Morgan fingerprint density at radius 2 is 1.67 bits per heavy atom. The molecule has 73 valence electrons. The fraction of sp³-hybridized carbons (Fsp3) is 1.00. The van der Waals surface area contributed by atoms with Gasteiger partial charge in [0.1, 0.15) is 0 Å². The molecule has 0 unspecified atom stereocenters. The minimum Gasteiger partial charge on any atom is -0.412 e. The number of rotatable bonds is 8. The van der Waals surface area contributed by atoms with Crippen molar-refractivity contribution in [2.24, 2.45) is 0 Å².